The highest BCUT2D eigenvalue weighted by atomic mass is 35.5. The largest absolute Gasteiger partial charge is 0.324 e. The number of hydrogen-bond donors (Lipinski definition) is 1. The van der Waals surface area contributed by atoms with Gasteiger partial charge in [-0.1, -0.05) is 47.5 Å². The molecule has 0 bridgehead atoms. The van der Waals surface area contributed by atoms with Gasteiger partial charge in [-0.3, -0.25) is 0 Å². The van der Waals surface area contributed by atoms with Crippen LogP contribution in [0.5, 0.6) is 0 Å². The van der Waals surface area contributed by atoms with Gasteiger partial charge >= 0.3 is 0 Å². The normalized spacial score (nSPS) is 12.4. The Bertz CT molecular complexity index is 557. The molecule has 18 heavy (non-hydrogen) atoms. The van der Waals surface area contributed by atoms with Gasteiger partial charge in [0.2, 0.25) is 0 Å². The minimum atomic E-state index is -0.307. The van der Waals surface area contributed by atoms with Gasteiger partial charge in [-0.15, -0.1) is 0 Å². The highest BCUT2D eigenvalue weighted by Crippen LogP contribution is 2.30. The minimum Gasteiger partial charge on any atom is -0.324 e. The molecule has 2 N–H and O–H groups in total. The van der Waals surface area contributed by atoms with Crippen LogP contribution in [0.15, 0.2) is 42.5 Å². The summed E-state index contributed by atoms with van der Waals surface area (Å²) < 4.78 is 13.1. The lowest BCUT2D eigenvalue weighted by Gasteiger charge is -2.14. The van der Waals surface area contributed by atoms with Crippen molar-refractivity contribution in [2.75, 3.05) is 0 Å². The third-order valence-electron chi connectivity index (χ3n) is 2.73. The maximum Gasteiger partial charge on any atom is 0.123 e. The molecule has 4 heteroatoms. The molecular weight excluding hydrogens is 272 g/mol. The second-order valence-electron chi connectivity index (χ2n) is 4.08. The summed E-state index contributed by atoms with van der Waals surface area (Å²) in [4.78, 5) is 0. The maximum atomic E-state index is 13.1. The van der Waals surface area contributed by atoms with E-state index in [1.807, 2.05) is 12.1 Å². The Hall–Kier alpha value is -1.09. The van der Waals surface area contributed by atoms with Gasteiger partial charge in [0, 0.05) is 6.04 Å². The molecule has 1 nitrogen and oxygen atoms in total. The van der Waals surface area contributed by atoms with E-state index in [4.69, 9.17) is 28.9 Å². The van der Waals surface area contributed by atoms with Gasteiger partial charge in [-0.05, 0) is 35.7 Å². The molecule has 2 aromatic rings. The van der Waals surface area contributed by atoms with Crippen LogP contribution in [0.1, 0.15) is 17.2 Å². The van der Waals surface area contributed by atoms with Gasteiger partial charge in [0.1, 0.15) is 5.82 Å². The van der Waals surface area contributed by atoms with Crippen LogP contribution in [0.4, 0.5) is 4.39 Å². The standard InChI is InChI=1S/C14H12Cl2FN/c15-12-6-2-5-11(14(12)16)13(18)8-9-3-1-4-10(17)7-9/h1-7,13H,8,18H2. The molecular formula is C14H12Cl2FN. The van der Waals surface area contributed by atoms with E-state index in [1.54, 1.807) is 18.2 Å². The van der Waals surface area contributed by atoms with Gasteiger partial charge in [-0.2, -0.15) is 0 Å². The third kappa shape index (κ3) is 3.02. The van der Waals surface area contributed by atoms with Crippen LogP contribution in [-0.2, 0) is 6.42 Å². The lowest BCUT2D eigenvalue weighted by molar-refractivity contribution is 0.622. The van der Waals surface area contributed by atoms with E-state index in [-0.39, 0.29) is 11.9 Å². The average Bonchev–Trinajstić information content (AvgIpc) is 2.32. The predicted octanol–water partition coefficient (Wildman–Crippen LogP) is 4.38. The first kappa shape index (κ1) is 13.3. The Labute approximate surface area is 115 Å². The van der Waals surface area contributed by atoms with Crippen molar-refractivity contribution in [1.29, 1.82) is 0 Å². The van der Waals surface area contributed by atoms with Crippen molar-refractivity contribution in [3.05, 3.63) is 69.5 Å². The molecule has 1 atom stereocenters. The first-order valence-corrected chi connectivity index (χ1v) is 6.27. The van der Waals surface area contributed by atoms with E-state index in [0.29, 0.717) is 16.5 Å². The van der Waals surface area contributed by atoms with Gasteiger partial charge in [0.05, 0.1) is 10.0 Å². The van der Waals surface area contributed by atoms with Crippen molar-refractivity contribution in [1.82, 2.24) is 0 Å². The van der Waals surface area contributed by atoms with Gasteiger partial charge in [0.25, 0.3) is 0 Å². The second kappa shape index (κ2) is 5.70. The summed E-state index contributed by atoms with van der Waals surface area (Å²) in [5, 5.41) is 0.937. The highest BCUT2D eigenvalue weighted by molar-refractivity contribution is 6.42. The molecule has 0 saturated carbocycles. The predicted molar refractivity (Wildman–Crippen MR) is 73.5 cm³/mol. The lowest BCUT2D eigenvalue weighted by Crippen LogP contribution is -2.14. The van der Waals surface area contributed by atoms with Gasteiger partial charge in [-0.25, -0.2) is 4.39 Å². The van der Waals surface area contributed by atoms with Crippen LogP contribution in [0.25, 0.3) is 0 Å². The van der Waals surface area contributed by atoms with Crippen LogP contribution in [-0.4, -0.2) is 0 Å². The molecule has 0 radical (unpaired) electrons. The molecule has 94 valence electrons. The average molecular weight is 284 g/mol. The first-order valence-electron chi connectivity index (χ1n) is 5.52. The number of benzene rings is 2. The van der Waals surface area contributed by atoms with Crippen LogP contribution >= 0.6 is 23.2 Å². The van der Waals surface area contributed by atoms with Gasteiger partial charge < -0.3 is 5.73 Å². The third-order valence-corrected chi connectivity index (χ3v) is 3.56. The van der Waals surface area contributed by atoms with E-state index in [1.165, 1.54) is 12.1 Å². The SMILES string of the molecule is NC(Cc1cccc(F)c1)c1cccc(Cl)c1Cl. The number of hydrogen-bond acceptors (Lipinski definition) is 1. The fourth-order valence-electron chi connectivity index (χ4n) is 1.83. The summed E-state index contributed by atoms with van der Waals surface area (Å²) in [7, 11) is 0. The molecule has 0 aliphatic heterocycles. The number of rotatable bonds is 3. The molecule has 0 saturated heterocycles. The van der Waals surface area contributed by atoms with Crippen molar-refractivity contribution in [3.63, 3.8) is 0 Å². The Morgan fingerprint density at radius 3 is 2.56 bits per heavy atom. The molecule has 0 amide bonds. The molecule has 0 aliphatic rings. The van der Waals surface area contributed by atoms with E-state index in [9.17, 15) is 4.39 Å². The molecule has 0 spiro atoms. The highest BCUT2D eigenvalue weighted by Gasteiger charge is 2.13. The zero-order valence-electron chi connectivity index (χ0n) is 9.54. The monoisotopic (exact) mass is 283 g/mol. The van der Waals surface area contributed by atoms with Gasteiger partial charge in [0.15, 0.2) is 0 Å². The zero-order chi connectivity index (χ0) is 13.1. The Morgan fingerprint density at radius 1 is 1.11 bits per heavy atom. The van der Waals surface area contributed by atoms with E-state index in [0.717, 1.165) is 11.1 Å². The summed E-state index contributed by atoms with van der Waals surface area (Å²) in [6.45, 7) is 0. The van der Waals surface area contributed by atoms with E-state index < -0.39 is 0 Å². The summed E-state index contributed by atoms with van der Waals surface area (Å²) in [6, 6.07) is 11.4. The molecule has 0 aromatic heterocycles. The van der Waals surface area contributed by atoms with Crippen molar-refractivity contribution in [2.45, 2.75) is 12.5 Å². The number of halogens is 3. The first-order chi connectivity index (χ1) is 8.58. The number of nitrogens with two attached hydrogens (primary N) is 1. The van der Waals surface area contributed by atoms with Crippen LogP contribution in [0, 0.1) is 5.82 Å². The summed E-state index contributed by atoms with van der Waals surface area (Å²) in [6.07, 6.45) is 0.512. The summed E-state index contributed by atoms with van der Waals surface area (Å²) >= 11 is 12.0. The minimum absolute atomic E-state index is 0.267. The Morgan fingerprint density at radius 2 is 1.83 bits per heavy atom. The van der Waals surface area contributed by atoms with Crippen LogP contribution < -0.4 is 5.73 Å². The molecule has 2 rings (SSSR count). The maximum absolute atomic E-state index is 13.1. The smallest absolute Gasteiger partial charge is 0.123 e. The lowest BCUT2D eigenvalue weighted by atomic mass is 9.99. The molecule has 0 heterocycles. The fourth-order valence-corrected chi connectivity index (χ4v) is 2.28. The molecule has 0 aliphatic carbocycles. The van der Waals surface area contributed by atoms with Crippen molar-refractivity contribution in [2.24, 2.45) is 5.73 Å². The topological polar surface area (TPSA) is 26.0 Å². The second-order valence-corrected chi connectivity index (χ2v) is 4.87. The summed E-state index contributed by atoms with van der Waals surface area (Å²) in [5.74, 6) is -0.267. The molecule has 1 unspecified atom stereocenters. The van der Waals surface area contributed by atoms with Crippen molar-refractivity contribution >= 4 is 23.2 Å². The van der Waals surface area contributed by atoms with Crippen molar-refractivity contribution in [3.8, 4) is 0 Å². The van der Waals surface area contributed by atoms with Crippen molar-refractivity contribution < 1.29 is 4.39 Å². The quantitative estimate of drug-likeness (QED) is 0.889. The van der Waals surface area contributed by atoms with Crippen LogP contribution in [0.2, 0.25) is 10.0 Å². The fraction of sp³-hybridized carbons (Fsp3) is 0.143. The Kier molecular flexibility index (Phi) is 4.23. The molecule has 0 fully saturated rings. The summed E-state index contributed by atoms with van der Waals surface area (Å²) in [5.41, 5.74) is 7.68. The van der Waals surface area contributed by atoms with E-state index >= 15 is 0 Å². The Balaban J connectivity index is 2.22. The molecule has 2 aromatic carbocycles. The van der Waals surface area contributed by atoms with Crippen LogP contribution in [0.3, 0.4) is 0 Å². The zero-order valence-corrected chi connectivity index (χ0v) is 11.0. The van der Waals surface area contributed by atoms with E-state index in [2.05, 4.69) is 0 Å².